The van der Waals surface area contributed by atoms with Crippen molar-refractivity contribution in [1.82, 2.24) is 10.3 Å². The quantitative estimate of drug-likeness (QED) is 0.533. The highest BCUT2D eigenvalue weighted by molar-refractivity contribution is 5.96. The number of carbonyl (C=O) groups excluding carboxylic acids is 2. The fourth-order valence-electron chi connectivity index (χ4n) is 3.33. The molecule has 0 aliphatic rings. The van der Waals surface area contributed by atoms with Crippen LogP contribution in [0.15, 0.2) is 36.5 Å². The van der Waals surface area contributed by atoms with Gasteiger partial charge in [0, 0.05) is 12.3 Å². The topological polar surface area (TPSA) is 91.3 Å². The molecule has 3 N–H and O–H groups in total. The number of halogens is 2. The van der Waals surface area contributed by atoms with Gasteiger partial charge in [0.05, 0.1) is 12.5 Å². The van der Waals surface area contributed by atoms with E-state index in [0.29, 0.717) is 25.1 Å². The van der Waals surface area contributed by atoms with Crippen molar-refractivity contribution in [2.45, 2.75) is 64.5 Å². The van der Waals surface area contributed by atoms with Crippen molar-refractivity contribution in [1.29, 1.82) is 0 Å². The second kappa shape index (κ2) is 11.5. The SMILES string of the molecule is CCCC(NC(=O)Cc1cc(F)cc(F)c1)C(=O)Nc1ccc(C(C)CC(C)O)cn1. The minimum Gasteiger partial charge on any atom is -0.393 e. The third kappa shape index (κ3) is 8.05. The van der Waals surface area contributed by atoms with Crippen LogP contribution >= 0.6 is 0 Å². The van der Waals surface area contributed by atoms with E-state index in [4.69, 9.17) is 0 Å². The van der Waals surface area contributed by atoms with E-state index in [9.17, 15) is 23.5 Å². The largest absolute Gasteiger partial charge is 0.393 e. The molecule has 3 atom stereocenters. The first kappa shape index (κ1) is 24.4. The lowest BCUT2D eigenvalue weighted by Gasteiger charge is -2.18. The monoisotopic (exact) mass is 433 g/mol. The van der Waals surface area contributed by atoms with Crippen LogP contribution in [0.2, 0.25) is 0 Å². The van der Waals surface area contributed by atoms with E-state index in [1.54, 1.807) is 19.2 Å². The molecule has 1 aromatic carbocycles. The Bertz CT molecular complexity index is 868. The van der Waals surface area contributed by atoms with Crippen molar-refractivity contribution >= 4 is 17.6 Å². The van der Waals surface area contributed by atoms with Gasteiger partial charge in [-0.3, -0.25) is 9.59 Å². The summed E-state index contributed by atoms with van der Waals surface area (Å²) in [6, 6.07) is 5.61. The molecule has 0 bridgehead atoms. The molecule has 0 saturated carbocycles. The number of pyridine rings is 1. The number of aliphatic hydroxyl groups is 1. The van der Waals surface area contributed by atoms with Gasteiger partial charge in [0.1, 0.15) is 23.5 Å². The molecule has 0 fully saturated rings. The molecule has 2 aromatic rings. The van der Waals surface area contributed by atoms with Crippen LogP contribution in [0.1, 0.15) is 57.1 Å². The first-order valence-electron chi connectivity index (χ1n) is 10.4. The molecule has 8 heteroatoms. The normalized spacial score (nSPS) is 13.9. The van der Waals surface area contributed by atoms with E-state index < -0.39 is 35.6 Å². The minimum absolute atomic E-state index is 0.122. The van der Waals surface area contributed by atoms with E-state index in [0.717, 1.165) is 23.8 Å². The van der Waals surface area contributed by atoms with Gasteiger partial charge >= 0.3 is 0 Å². The number of hydrogen-bond acceptors (Lipinski definition) is 4. The molecule has 1 heterocycles. The molecule has 2 rings (SSSR count). The minimum atomic E-state index is -0.799. The Labute approximate surface area is 181 Å². The molecule has 0 saturated heterocycles. The van der Waals surface area contributed by atoms with Gasteiger partial charge in [-0.25, -0.2) is 13.8 Å². The zero-order chi connectivity index (χ0) is 23.0. The van der Waals surface area contributed by atoms with Crippen LogP contribution in [0.3, 0.4) is 0 Å². The molecule has 3 unspecified atom stereocenters. The Balaban J connectivity index is 1.98. The van der Waals surface area contributed by atoms with Gasteiger partial charge in [-0.2, -0.15) is 0 Å². The Kier molecular flexibility index (Phi) is 9.05. The fourth-order valence-corrected chi connectivity index (χ4v) is 3.33. The summed E-state index contributed by atoms with van der Waals surface area (Å²) >= 11 is 0. The van der Waals surface area contributed by atoms with Crippen LogP contribution in [0.25, 0.3) is 0 Å². The summed E-state index contributed by atoms with van der Waals surface area (Å²) in [5.74, 6) is -1.98. The summed E-state index contributed by atoms with van der Waals surface area (Å²) in [6.07, 6.45) is 2.64. The number of aromatic nitrogens is 1. The van der Waals surface area contributed by atoms with Crippen LogP contribution in [-0.4, -0.2) is 34.1 Å². The average Bonchev–Trinajstić information content (AvgIpc) is 2.66. The average molecular weight is 433 g/mol. The number of rotatable bonds is 10. The highest BCUT2D eigenvalue weighted by Gasteiger charge is 2.21. The van der Waals surface area contributed by atoms with Crippen molar-refractivity contribution in [2.24, 2.45) is 0 Å². The number of amides is 2. The predicted octanol–water partition coefficient (Wildman–Crippen LogP) is 3.70. The number of hydrogen-bond donors (Lipinski definition) is 3. The van der Waals surface area contributed by atoms with Crippen LogP contribution < -0.4 is 10.6 Å². The molecule has 168 valence electrons. The summed E-state index contributed by atoms with van der Waals surface area (Å²) < 4.78 is 26.6. The zero-order valence-electron chi connectivity index (χ0n) is 18.0. The van der Waals surface area contributed by atoms with Gasteiger partial charge < -0.3 is 15.7 Å². The van der Waals surface area contributed by atoms with Crippen molar-refractivity contribution in [3.8, 4) is 0 Å². The van der Waals surface area contributed by atoms with Crippen molar-refractivity contribution in [2.75, 3.05) is 5.32 Å². The maximum absolute atomic E-state index is 13.3. The van der Waals surface area contributed by atoms with Crippen molar-refractivity contribution in [3.05, 3.63) is 59.3 Å². The first-order chi connectivity index (χ1) is 14.7. The Hall–Kier alpha value is -2.87. The lowest BCUT2D eigenvalue weighted by Crippen LogP contribution is -2.44. The van der Waals surface area contributed by atoms with E-state index >= 15 is 0 Å². The first-order valence-corrected chi connectivity index (χ1v) is 10.4. The van der Waals surface area contributed by atoms with Gasteiger partial charge in [0.25, 0.3) is 0 Å². The second-order valence-corrected chi connectivity index (χ2v) is 7.82. The highest BCUT2D eigenvalue weighted by Crippen LogP contribution is 2.21. The van der Waals surface area contributed by atoms with Crippen LogP contribution in [0.4, 0.5) is 14.6 Å². The Morgan fingerprint density at radius 3 is 2.35 bits per heavy atom. The Morgan fingerprint density at radius 2 is 1.81 bits per heavy atom. The fraction of sp³-hybridized carbons (Fsp3) is 0.435. The summed E-state index contributed by atoms with van der Waals surface area (Å²) in [6.45, 7) is 5.59. The van der Waals surface area contributed by atoms with E-state index in [1.807, 2.05) is 19.9 Å². The van der Waals surface area contributed by atoms with Crippen LogP contribution in [-0.2, 0) is 16.0 Å². The van der Waals surface area contributed by atoms with Gasteiger partial charge in [-0.15, -0.1) is 0 Å². The number of nitrogens with zero attached hydrogens (tertiary/aromatic N) is 1. The molecule has 1 aromatic heterocycles. The lowest BCUT2D eigenvalue weighted by atomic mass is 9.97. The molecule has 6 nitrogen and oxygen atoms in total. The van der Waals surface area contributed by atoms with E-state index in [-0.39, 0.29) is 17.9 Å². The van der Waals surface area contributed by atoms with Crippen molar-refractivity contribution in [3.63, 3.8) is 0 Å². The molecule has 0 aliphatic carbocycles. The number of anilines is 1. The summed E-state index contributed by atoms with van der Waals surface area (Å²) in [7, 11) is 0. The molecule has 31 heavy (non-hydrogen) atoms. The summed E-state index contributed by atoms with van der Waals surface area (Å²) in [4.78, 5) is 29.2. The maximum Gasteiger partial charge on any atom is 0.248 e. The molecule has 0 aliphatic heterocycles. The molecular formula is C23H29F2N3O3. The standard InChI is InChI=1S/C23H29F2N3O3/c1-4-5-20(27-22(30)11-16-9-18(24)12-19(25)10-16)23(31)28-21-7-6-17(13-26-21)14(2)8-15(3)29/h6-7,9-10,12-15,20,29H,4-5,8,11H2,1-3H3,(H,27,30)(H,26,28,31). The number of nitrogens with one attached hydrogen (secondary N) is 2. The molecule has 0 radical (unpaired) electrons. The number of benzene rings is 1. The summed E-state index contributed by atoms with van der Waals surface area (Å²) in [5.41, 5.74) is 1.13. The highest BCUT2D eigenvalue weighted by atomic mass is 19.1. The lowest BCUT2D eigenvalue weighted by molar-refractivity contribution is -0.126. The van der Waals surface area contributed by atoms with E-state index in [2.05, 4.69) is 15.6 Å². The molecule has 0 spiro atoms. The smallest absolute Gasteiger partial charge is 0.248 e. The third-order valence-electron chi connectivity index (χ3n) is 4.82. The molecule has 2 amide bonds. The Morgan fingerprint density at radius 1 is 1.13 bits per heavy atom. The molecular weight excluding hydrogens is 404 g/mol. The second-order valence-electron chi connectivity index (χ2n) is 7.82. The zero-order valence-corrected chi connectivity index (χ0v) is 18.0. The maximum atomic E-state index is 13.3. The van der Waals surface area contributed by atoms with Crippen LogP contribution in [0, 0.1) is 11.6 Å². The van der Waals surface area contributed by atoms with Crippen molar-refractivity contribution < 1.29 is 23.5 Å². The van der Waals surface area contributed by atoms with Gasteiger partial charge in [-0.05, 0) is 55.0 Å². The number of carbonyl (C=O) groups is 2. The number of aliphatic hydroxyl groups excluding tert-OH is 1. The van der Waals surface area contributed by atoms with E-state index in [1.165, 1.54) is 0 Å². The predicted molar refractivity (Wildman–Crippen MR) is 114 cm³/mol. The third-order valence-corrected chi connectivity index (χ3v) is 4.82. The van der Waals surface area contributed by atoms with Gasteiger partial charge in [-0.1, -0.05) is 26.3 Å². The van der Waals surface area contributed by atoms with Gasteiger partial charge in [0.15, 0.2) is 0 Å². The van der Waals surface area contributed by atoms with Gasteiger partial charge in [0.2, 0.25) is 11.8 Å². The van der Waals surface area contributed by atoms with Crippen LogP contribution in [0.5, 0.6) is 0 Å². The summed E-state index contributed by atoms with van der Waals surface area (Å²) in [5, 5.41) is 14.8.